The number of rotatable bonds is 6. The number of piperidine rings is 1. The lowest BCUT2D eigenvalue weighted by molar-refractivity contribution is -0.125. The normalized spacial score (nSPS) is 15.2. The molecule has 2 aromatic rings. The molecule has 2 heterocycles. The van der Waals surface area contributed by atoms with Crippen LogP contribution in [0.15, 0.2) is 41.4 Å². The predicted octanol–water partition coefficient (Wildman–Crippen LogP) is 2.51. The third kappa shape index (κ3) is 5.00. The van der Waals surface area contributed by atoms with Crippen molar-refractivity contribution < 1.29 is 22.0 Å². The molecule has 0 unspecified atom stereocenters. The predicted molar refractivity (Wildman–Crippen MR) is 105 cm³/mol. The third-order valence-corrected chi connectivity index (χ3v) is 6.04. The van der Waals surface area contributed by atoms with Gasteiger partial charge in [0.2, 0.25) is 5.91 Å². The van der Waals surface area contributed by atoms with Crippen molar-refractivity contribution in [2.24, 2.45) is 5.92 Å². The Morgan fingerprint density at radius 2 is 1.86 bits per heavy atom. The summed E-state index contributed by atoms with van der Waals surface area (Å²) in [4.78, 5) is 17.7. The second kappa shape index (κ2) is 8.73. The fourth-order valence-corrected chi connectivity index (χ4v) is 4.39. The summed E-state index contributed by atoms with van der Waals surface area (Å²) < 4.78 is 54.5. The van der Waals surface area contributed by atoms with Crippen LogP contribution in [0.2, 0.25) is 0 Å². The minimum atomic E-state index is -4.21. The van der Waals surface area contributed by atoms with Crippen LogP contribution < -0.4 is 14.9 Å². The van der Waals surface area contributed by atoms with Gasteiger partial charge in [-0.2, -0.15) is 0 Å². The smallest absolute Gasteiger partial charge is 0.262 e. The summed E-state index contributed by atoms with van der Waals surface area (Å²) in [6.45, 7) is 3.50. The molecule has 156 valence electrons. The number of nitrogens with zero attached hydrogens (tertiary/aromatic N) is 2. The number of aromatic nitrogens is 1. The molecule has 1 fully saturated rings. The lowest BCUT2D eigenvalue weighted by Gasteiger charge is -2.33. The highest BCUT2D eigenvalue weighted by atomic mass is 32.2. The van der Waals surface area contributed by atoms with E-state index >= 15 is 0 Å². The van der Waals surface area contributed by atoms with Gasteiger partial charge in [-0.3, -0.25) is 9.52 Å². The number of amides is 1. The summed E-state index contributed by atoms with van der Waals surface area (Å²) in [5, 5.41) is 2.81. The largest absolute Gasteiger partial charge is 0.356 e. The van der Waals surface area contributed by atoms with Crippen molar-refractivity contribution in [1.29, 1.82) is 0 Å². The number of hydrogen-bond acceptors (Lipinski definition) is 5. The van der Waals surface area contributed by atoms with Crippen molar-refractivity contribution in [2.75, 3.05) is 29.3 Å². The van der Waals surface area contributed by atoms with Gasteiger partial charge < -0.3 is 10.2 Å². The maximum absolute atomic E-state index is 13.4. The van der Waals surface area contributed by atoms with Crippen LogP contribution in [-0.4, -0.2) is 38.9 Å². The minimum absolute atomic E-state index is 0.0160. The molecular formula is C19H22F2N4O3S. The first kappa shape index (κ1) is 21.0. The quantitative estimate of drug-likeness (QED) is 0.744. The molecule has 0 aliphatic carbocycles. The zero-order chi connectivity index (χ0) is 21.0. The molecule has 1 aromatic carbocycles. The number of hydrogen-bond donors (Lipinski definition) is 2. The number of anilines is 2. The van der Waals surface area contributed by atoms with E-state index in [2.05, 4.69) is 15.0 Å². The van der Waals surface area contributed by atoms with Gasteiger partial charge in [0.1, 0.15) is 11.6 Å². The summed E-state index contributed by atoms with van der Waals surface area (Å²) in [5.41, 5.74) is 0.202. The highest BCUT2D eigenvalue weighted by Gasteiger charge is 2.27. The molecule has 29 heavy (non-hydrogen) atoms. The summed E-state index contributed by atoms with van der Waals surface area (Å²) in [6.07, 6.45) is 2.76. The van der Waals surface area contributed by atoms with Crippen molar-refractivity contribution in [3.05, 3.63) is 48.2 Å². The third-order valence-electron chi connectivity index (χ3n) is 4.69. The molecule has 1 aliphatic heterocycles. The van der Waals surface area contributed by atoms with Gasteiger partial charge in [-0.25, -0.2) is 22.2 Å². The number of sulfonamides is 1. The van der Waals surface area contributed by atoms with Crippen LogP contribution in [0.5, 0.6) is 0 Å². The van der Waals surface area contributed by atoms with Gasteiger partial charge in [0.15, 0.2) is 5.82 Å². The Balaban J connectivity index is 1.79. The lowest BCUT2D eigenvalue weighted by atomic mass is 9.96. The van der Waals surface area contributed by atoms with E-state index in [-0.39, 0.29) is 17.5 Å². The first-order valence-electron chi connectivity index (χ1n) is 9.26. The molecule has 1 saturated heterocycles. The zero-order valence-electron chi connectivity index (χ0n) is 15.9. The molecule has 0 bridgehead atoms. The molecule has 0 radical (unpaired) electrons. The molecule has 1 aliphatic rings. The van der Waals surface area contributed by atoms with Gasteiger partial charge in [0.25, 0.3) is 10.0 Å². The minimum Gasteiger partial charge on any atom is -0.356 e. The van der Waals surface area contributed by atoms with Crippen LogP contribution in [0.1, 0.15) is 19.8 Å². The van der Waals surface area contributed by atoms with Crippen LogP contribution in [-0.2, 0) is 14.8 Å². The number of nitrogens with one attached hydrogen (secondary N) is 2. The van der Waals surface area contributed by atoms with E-state index in [4.69, 9.17) is 0 Å². The molecule has 7 nitrogen and oxygen atoms in total. The molecule has 0 spiro atoms. The van der Waals surface area contributed by atoms with E-state index in [0.29, 0.717) is 44.4 Å². The monoisotopic (exact) mass is 424 g/mol. The van der Waals surface area contributed by atoms with Crippen molar-refractivity contribution >= 4 is 27.4 Å². The Hall–Kier alpha value is -2.75. The van der Waals surface area contributed by atoms with Gasteiger partial charge in [-0.15, -0.1) is 0 Å². The van der Waals surface area contributed by atoms with Crippen molar-refractivity contribution in [3.63, 3.8) is 0 Å². The Kier molecular flexibility index (Phi) is 6.31. The number of carbonyl (C=O) groups is 1. The molecule has 1 aromatic heterocycles. The number of carbonyl (C=O) groups excluding carboxylic acids is 1. The molecule has 1 amide bonds. The van der Waals surface area contributed by atoms with Gasteiger partial charge in [-0.1, -0.05) is 0 Å². The van der Waals surface area contributed by atoms with E-state index in [9.17, 15) is 22.0 Å². The van der Waals surface area contributed by atoms with Crippen LogP contribution in [0.3, 0.4) is 0 Å². The highest BCUT2D eigenvalue weighted by molar-refractivity contribution is 7.92. The SMILES string of the molecule is CCNC(=O)C1CCN(c2ncccc2NS(=O)(=O)c2cc(F)cc(F)c2)CC1. The lowest BCUT2D eigenvalue weighted by Crippen LogP contribution is -2.41. The van der Waals surface area contributed by atoms with Crippen LogP contribution in [0.25, 0.3) is 0 Å². The van der Waals surface area contributed by atoms with Crippen molar-refractivity contribution in [3.8, 4) is 0 Å². The molecule has 0 atom stereocenters. The second-order valence-corrected chi connectivity index (χ2v) is 8.42. The Labute approximate surface area is 168 Å². The summed E-state index contributed by atoms with van der Waals surface area (Å²) in [7, 11) is -4.21. The van der Waals surface area contributed by atoms with E-state index in [0.717, 1.165) is 12.1 Å². The maximum Gasteiger partial charge on any atom is 0.262 e. The van der Waals surface area contributed by atoms with E-state index in [1.165, 1.54) is 12.3 Å². The first-order valence-corrected chi connectivity index (χ1v) is 10.7. The highest BCUT2D eigenvalue weighted by Crippen LogP contribution is 2.29. The fourth-order valence-electron chi connectivity index (χ4n) is 3.29. The summed E-state index contributed by atoms with van der Waals surface area (Å²) in [6, 6.07) is 5.20. The number of pyridine rings is 1. The average Bonchev–Trinajstić information content (AvgIpc) is 2.68. The maximum atomic E-state index is 13.4. The summed E-state index contributed by atoms with van der Waals surface area (Å²) >= 11 is 0. The fraction of sp³-hybridized carbons (Fsp3) is 0.368. The zero-order valence-corrected chi connectivity index (χ0v) is 16.7. The van der Waals surface area contributed by atoms with Gasteiger partial charge in [0, 0.05) is 37.8 Å². The van der Waals surface area contributed by atoms with E-state index < -0.39 is 26.6 Å². The molecule has 0 saturated carbocycles. The van der Waals surface area contributed by atoms with E-state index in [1.807, 2.05) is 11.8 Å². The van der Waals surface area contributed by atoms with Gasteiger partial charge in [0.05, 0.1) is 10.6 Å². The second-order valence-electron chi connectivity index (χ2n) is 6.74. The Bertz CT molecular complexity index is 972. The van der Waals surface area contributed by atoms with E-state index in [1.54, 1.807) is 6.07 Å². The molecule has 2 N–H and O–H groups in total. The average molecular weight is 424 g/mol. The Morgan fingerprint density at radius 3 is 2.48 bits per heavy atom. The standard InChI is InChI=1S/C19H22F2N4O3S/c1-2-22-19(26)13-5-8-25(9-6-13)18-17(4-3-7-23-18)24-29(27,28)16-11-14(20)10-15(21)12-16/h3-4,7,10-13,24H,2,5-6,8-9H2,1H3,(H,22,26). The van der Waals surface area contributed by atoms with Crippen LogP contribution in [0.4, 0.5) is 20.3 Å². The van der Waals surface area contributed by atoms with Crippen LogP contribution >= 0.6 is 0 Å². The molecular weight excluding hydrogens is 402 g/mol. The van der Waals surface area contributed by atoms with Crippen LogP contribution in [0, 0.1) is 17.6 Å². The van der Waals surface area contributed by atoms with Crippen molar-refractivity contribution in [2.45, 2.75) is 24.7 Å². The Morgan fingerprint density at radius 1 is 1.21 bits per heavy atom. The number of halogens is 2. The molecule has 3 rings (SSSR count). The summed E-state index contributed by atoms with van der Waals surface area (Å²) in [5.74, 6) is -1.64. The van der Waals surface area contributed by atoms with Gasteiger partial charge in [-0.05, 0) is 44.0 Å². The molecule has 10 heteroatoms. The van der Waals surface area contributed by atoms with Crippen molar-refractivity contribution in [1.82, 2.24) is 10.3 Å². The topological polar surface area (TPSA) is 91.4 Å². The first-order chi connectivity index (χ1) is 13.8. The van der Waals surface area contributed by atoms with Gasteiger partial charge >= 0.3 is 0 Å². The number of benzene rings is 1.